The highest BCUT2D eigenvalue weighted by Gasteiger charge is 2.15. The smallest absolute Gasteiger partial charge is 0.129 e. The normalized spacial score (nSPS) is 12.6. The van der Waals surface area contributed by atoms with Gasteiger partial charge in [-0.25, -0.2) is 0 Å². The van der Waals surface area contributed by atoms with Crippen molar-refractivity contribution in [1.29, 1.82) is 0 Å². The average molecular weight is 273 g/mol. The number of aryl methyl sites for hydroxylation is 1. The first-order valence-electron chi connectivity index (χ1n) is 7.09. The van der Waals surface area contributed by atoms with Crippen LogP contribution < -0.4 is 5.32 Å². The summed E-state index contributed by atoms with van der Waals surface area (Å²) in [5, 5.41) is 3.48. The fourth-order valence-corrected chi connectivity index (χ4v) is 2.28. The molecule has 0 aliphatic carbocycles. The van der Waals surface area contributed by atoms with Gasteiger partial charge in [-0.05, 0) is 37.6 Å². The molecule has 2 rings (SSSR count). The van der Waals surface area contributed by atoms with Gasteiger partial charge in [-0.1, -0.05) is 36.8 Å². The van der Waals surface area contributed by atoms with Gasteiger partial charge in [0.15, 0.2) is 0 Å². The number of rotatable bonds is 7. The van der Waals surface area contributed by atoms with E-state index >= 15 is 0 Å². The summed E-state index contributed by atoms with van der Waals surface area (Å²) in [7, 11) is 1.68. The van der Waals surface area contributed by atoms with Crippen molar-refractivity contribution in [3.05, 3.63) is 59.0 Å². The van der Waals surface area contributed by atoms with E-state index in [4.69, 9.17) is 9.15 Å². The number of furan rings is 1. The molecule has 0 saturated heterocycles. The van der Waals surface area contributed by atoms with Crippen molar-refractivity contribution in [3.63, 3.8) is 0 Å². The topological polar surface area (TPSA) is 34.4 Å². The third kappa shape index (κ3) is 3.95. The van der Waals surface area contributed by atoms with Crippen LogP contribution in [0.3, 0.4) is 0 Å². The highest BCUT2D eigenvalue weighted by molar-refractivity contribution is 5.23. The summed E-state index contributed by atoms with van der Waals surface area (Å²) in [6.07, 6.45) is 0.925. The number of likely N-dealkylation sites (N-methyl/N-ethyl adjacent to an activating group) is 1. The number of nitrogens with one attached hydrogen (secondary N) is 1. The zero-order valence-electron chi connectivity index (χ0n) is 12.5. The van der Waals surface area contributed by atoms with Crippen molar-refractivity contribution in [2.24, 2.45) is 0 Å². The summed E-state index contributed by atoms with van der Waals surface area (Å²) in [5.74, 6) is 1.84. The molecule has 3 heteroatoms. The lowest BCUT2D eigenvalue weighted by Crippen LogP contribution is -2.22. The van der Waals surface area contributed by atoms with E-state index in [1.54, 1.807) is 7.11 Å². The second-order valence-electron chi connectivity index (χ2n) is 5.04. The van der Waals surface area contributed by atoms with E-state index in [1.807, 2.05) is 12.1 Å². The molecule has 0 bridgehead atoms. The maximum absolute atomic E-state index is 5.85. The van der Waals surface area contributed by atoms with Crippen molar-refractivity contribution in [1.82, 2.24) is 5.32 Å². The number of hydrogen-bond acceptors (Lipinski definition) is 3. The highest BCUT2D eigenvalue weighted by atomic mass is 16.5. The lowest BCUT2D eigenvalue weighted by molar-refractivity contribution is 0.161. The van der Waals surface area contributed by atoms with Crippen LogP contribution in [0.25, 0.3) is 0 Å². The predicted molar refractivity (Wildman–Crippen MR) is 80.7 cm³/mol. The summed E-state index contributed by atoms with van der Waals surface area (Å²) >= 11 is 0. The van der Waals surface area contributed by atoms with Gasteiger partial charge in [0.05, 0.1) is 6.04 Å². The third-order valence-corrected chi connectivity index (χ3v) is 3.32. The van der Waals surface area contributed by atoms with Crippen LogP contribution in [0, 0.1) is 6.92 Å². The zero-order valence-corrected chi connectivity index (χ0v) is 12.5. The van der Waals surface area contributed by atoms with E-state index in [-0.39, 0.29) is 6.04 Å². The van der Waals surface area contributed by atoms with Crippen molar-refractivity contribution < 1.29 is 9.15 Å². The van der Waals surface area contributed by atoms with Crippen LogP contribution in [0.4, 0.5) is 0 Å². The molecule has 0 aliphatic rings. The van der Waals surface area contributed by atoms with Crippen LogP contribution in [0.2, 0.25) is 0 Å². The zero-order chi connectivity index (χ0) is 14.4. The Morgan fingerprint density at radius 1 is 1.15 bits per heavy atom. The Balaban J connectivity index is 2.10. The maximum Gasteiger partial charge on any atom is 0.129 e. The summed E-state index contributed by atoms with van der Waals surface area (Å²) in [4.78, 5) is 0. The van der Waals surface area contributed by atoms with Gasteiger partial charge in [-0.15, -0.1) is 0 Å². The average Bonchev–Trinajstić information content (AvgIpc) is 2.90. The van der Waals surface area contributed by atoms with Crippen molar-refractivity contribution in [3.8, 4) is 0 Å². The maximum atomic E-state index is 5.85. The molecule has 20 heavy (non-hydrogen) atoms. The van der Waals surface area contributed by atoms with Gasteiger partial charge in [-0.3, -0.25) is 0 Å². The molecule has 1 atom stereocenters. The molecule has 0 fully saturated rings. The van der Waals surface area contributed by atoms with Crippen molar-refractivity contribution >= 4 is 0 Å². The Labute approximate surface area is 121 Å². The molecule has 3 nitrogen and oxygen atoms in total. The third-order valence-electron chi connectivity index (χ3n) is 3.32. The molecular weight excluding hydrogens is 250 g/mol. The molecule has 0 spiro atoms. The van der Waals surface area contributed by atoms with Gasteiger partial charge < -0.3 is 14.5 Å². The summed E-state index contributed by atoms with van der Waals surface area (Å²) in [6.45, 7) is 5.65. The van der Waals surface area contributed by atoms with Gasteiger partial charge in [0.1, 0.15) is 18.1 Å². The first kappa shape index (κ1) is 14.8. The van der Waals surface area contributed by atoms with Gasteiger partial charge in [0.2, 0.25) is 0 Å². The minimum atomic E-state index is 0.202. The van der Waals surface area contributed by atoms with E-state index in [0.717, 1.165) is 24.5 Å². The van der Waals surface area contributed by atoms with E-state index in [9.17, 15) is 0 Å². The lowest BCUT2D eigenvalue weighted by atomic mass is 10.0. The van der Waals surface area contributed by atoms with Crippen LogP contribution >= 0.6 is 0 Å². The Morgan fingerprint density at radius 2 is 1.90 bits per heavy atom. The Bertz CT molecular complexity index is 516. The molecule has 0 aliphatic heterocycles. The quantitative estimate of drug-likeness (QED) is 0.836. The molecule has 1 N–H and O–H groups in total. The first-order chi connectivity index (χ1) is 9.72. The van der Waals surface area contributed by atoms with Gasteiger partial charge >= 0.3 is 0 Å². The van der Waals surface area contributed by atoms with Crippen LogP contribution in [0.5, 0.6) is 0 Å². The molecule has 1 unspecified atom stereocenters. The van der Waals surface area contributed by atoms with Gasteiger partial charge in [0.25, 0.3) is 0 Å². The molecule has 1 aromatic heterocycles. The summed E-state index contributed by atoms with van der Waals surface area (Å²) < 4.78 is 10.9. The molecule has 2 aromatic rings. The van der Waals surface area contributed by atoms with Crippen LogP contribution in [0.1, 0.15) is 35.6 Å². The molecule has 0 amide bonds. The van der Waals surface area contributed by atoms with Crippen LogP contribution in [-0.2, 0) is 17.8 Å². The first-order valence-corrected chi connectivity index (χ1v) is 7.09. The van der Waals surface area contributed by atoms with Crippen molar-refractivity contribution in [2.75, 3.05) is 13.7 Å². The molecular formula is C17H23NO2. The lowest BCUT2D eigenvalue weighted by Gasteiger charge is -2.16. The van der Waals surface area contributed by atoms with Gasteiger partial charge in [0, 0.05) is 7.11 Å². The van der Waals surface area contributed by atoms with Gasteiger partial charge in [-0.2, -0.15) is 0 Å². The Morgan fingerprint density at radius 3 is 2.55 bits per heavy atom. The second-order valence-corrected chi connectivity index (χ2v) is 5.04. The van der Waals surface area contributed by atoms with E-state index in [2.05, 4.69) is 43.4 Å². The predicted octanol–water partition coefficient (Wildman–Crippen LogP) is 3.63. The van der Waals surface area contributed by atoms with E-state index in [1.165, 1.54) is 11.1 Å². The Hall–Kier alpha value is -1.58. The van der Waals surface area contributed by atoms with E-state index < -0.39 is 0 Å². The SMILES string of the molecule is CCNC(Cc1ccc(C)cc1)c1ccc(COC)o1. The molecule has 1 heterocycles. The summed E-state index contributed by atoms with van der Waals surface area (Å²) in [6, 6.07) is 12.9. The monoisotopic (exact) mass is 273 g/mol. The fraction of sp³-hybridized carbons (Fsp3) is 0.412. The minimum absolute atomic E-state index is 0.202. The number of benzene rings is 1. The molecule has 108 valence electrons. The molecule has 1 aromatic carbocycles. The summed E-state index contributed by atoms with van der Waals surface area (Å²) in [5.41, 5.74) is 2.60. The van der Waals surface area contributed by atoms with E-state index in [0.29, 0.717) is 6.61 Å². The molecule has 0 saturated carbocycles. The standard InChI is InChI=1S/C17H23NO2/c1-4-18-16(11-14-7-5-13(2)6-8-14)17-10-9-15(20-17)12-19-3/h5-10,16,18H,4,11-12H2,1-3H3. The molecule has 0 radical (unpaired) electrons. The number of ether oxygens (including phenoxy) is 1. The minimum Gasteiger partial charge on any atom is -0.462 e. The van der Waals surface area contributed by atoms with Crippen LogP contribution in [0.15, 0.2) is 40.8 Å². The van der Waals surface area contributed by atoms with Crippen molar-refractivity contribution in [2.45, 2.75) is 32.9 Å². The number of hydrogen-bond donors (Lipinski definition) is 1. The number of methoxy groups -OCH3 is 1. The Kier molecular flexibility index (Phi) is 5.39. The second kappa shape index (κ2) is 7.27. The largest absolute Gasteiger partial charge is 0.462 e. The van der Waals surface area contributed by atoms with Crippen LogP contribution in [-0.4, -0.2) is 13.7 Å². The highest BCUT2D eigenvalue weighted by Crippen LogP contribution is 2.21. The fourth-order valence-electron chi connectivity index (χ4n) is 2.28.